The zero-order valence-electron chi connectivity index (χ0n) is 14.2. The van der Waals surface area contributed by atoms with Crippen LogP contribution in [0.15, 0.2) is 47.1 Å². The van der Waals surface area contributed by atoms with Crippen LogP contribution in [0.1, 0.15) is 34.3 Å². The molecule has 0 saturated carbocycles. The van der Waals surface area contributed by atoms with Crippen LogP contribution in [0.5, 0.6) is 0 Å². The van der Waals surface area contributed by atoms with Crippen molar-refractivity contribution in [3.63, 3.8) is 0 Å². The Kier molecular flexibility index (Phi) is 4.30. The summed E-state index contributed by atoms with van der Waals surface area (Å²) >= 11 is 0. The van der Waals surface area contributed by atoms with E-state index in [0.717, 1.165) is 11.1 Å². The minimum absolute atomic E-state index is 0.127. The first-order valence-corrected chi connectivity index (χ1v) is 8.38. The average Bonchev–Trinajstić information content (AvgIpc) is 3.35. The van der Waals surface area contributed by atoms with Crippen LogP contribution in [-0.2, 0) is 4.74 Å². The smallest absolute Gasteiger partial charge is 0.273 e. The van der Waals surface area contributed by atoms with Crippen LogP contribution in [0.4, 0.5) is 4.39 Å². The molecule has 1 aliphatic heterocycles. The highest BCUT2D eigenvalue weighted by Gasteiger charge is 2.43. The molecule has 0 aliphatic carbocycles. The van der Waals surface area contributed by atoms with E-state index in [0.29, 0.717) is 36.7 Å². The van der Waals surface area contributed by atoms with E-state index < -0.39 is 0 Å². The van der Waals surface area contributed by atoms with Crippen molar-refractivity contribution in [2.75, 3.05) is 20.3 Å². The number of fused-ring (bicyclic) bond motifs is 1. The van der Waals surface area contributed by atoms with Gasteiger partial charge in [-0.1, -0.05) is 0 Å². The quantitative estimate of drug-likeness (QED) is 0.688. The second kappa shape index (κ2) is 6.76. The maximum Gasteiger partial charge on any atom is 0.273 e. The first-order valence-electron chi connectivity index (χ1n) is 8.38. The molecule has 1 atom stereocenters. The minimum atomic E-state index is -0.372. The Balaban J connectivity index is 1.78. The largest absolute Gasteiger partial charge is 0.467 e. The maximum atomic E-state index is 13.3. The van der Waals surface area contributed by atoms with Gasteiger partial charge in [-0.25, -0.2) is 4.39 Å². The van der Waals surface area contributed by atoms with Gasteiger partial charge in [0.15, 0.2) is 0 Å². The summed E-state index contributed by atoms with van der Waals surface area (Å²) in [5, 5.41) is 7.17. The molecule has 0 radical (unpaired) electrons. The molecule has 4 rings (SSSR count). The summed E-state index contributed by atoms with van der Waals surface area (Å²) in [5.41, 5.74) is 2.58. The molecule has 0 saturated heterocycles. The van der Waals surface area contributed by atoms with Gasteiger partial charge in [-0.2, -0.15) is 5.10 Å². The van der Waals surface area contributed by atoms with Gasteiger partial charge in [0.05, 0.1) is 12.0 Å². The Morgan fingerprint density at radius 1 is 1.31 bits per heavy atom. The number of halogens is 1. The van der Waals surface area contributed by atoms with Crippen molar-refractivity contribution in [3.8, 4) is 11.3 Å². The summed E-state index contributed by atoms with van der Waals surface area (Å²) < 4.78 is 24.0. The van der Waals surface area contributed by atoms with Crippen molar-refractivity contribution < 1.29 is 18.3 Å². The number of nitrogens with zero attached hydrogens (tertiary/aromatic N) is 2. The number of carbonyl (C=O) groups excluding carboxylic acids is 1. The highest BCUT2D eigenvalue weighted by Crippen LogP contribution is 2.42. The number of amides is 1. The molecule has 3 heterocycles. The van der Waals surface area contributed by atoms with Gasteiger partial charge in [-0.05, 0) is 42.8 Å². The molecule has 0 spiro atoms. The van der Waals surface area contributed by atoms with Crippen molar-refractivity contribution >= 4 is 5.91 Å². The SMILES string of the molecule is COCCCN1C(=O)c2[nH]nc(-c3ccc(F)cc3)c2C1c1ccco1. The number of methoxy groups -OCH3 is 1. The molecule has 3 aromatic rings. The minimum Gasteiger partial charge on any atom is -0.467 e. The lowest BCUT2D eigenvalue weighted by atomic mass is 10.00. The van der Waals surface area contributed by atoms with Crippen molar-refractivity contribution in [2.24, 2.45) is 0 Å². The standard InChI is InChI=1S/C19H18FN3O3/c1-25-10-3-9-23-18(14-4-2-11-26-14)15-16(21-22-17(15)19(23)24)12-5-7-13(20)8-6-12/h2,4-8,11,18H,3,9-10H2,1H3,(H,21,22). The van der Waals surface area contributed by atoms with Crippen LogP contribution in [0.25, 0.3) is 11.3 Å². The number of H-pyrrole nitrogens is 1. The molecule has 26 heavy (non-hydrogen) atoms. The van der Waals surface area contributed by atoms with E-state index in [1.165, 1.54) is 12.1 Å². The molecular formula is C19H18FN3O3. The summed E-state index contributed by atoms with van der Waals surface area (Å²) in [4.78, 5) is 14.7. The van der Waals surface area contributed by atoms with Crippen molar-refractivity contribution in [1.82, 2.24) is 15.1 Å². The third-order valence-electron chi connectivity index (χ3n) is 4.54. The lowest BCUT2D eigenvalue weighted by molar-refractivity contribution is 0.0708. The third-order valence-corrected chi connectivity index (χ3v) is 4.54. The third kappa shape index (κ3) is 2.70. The first-order chi connectivity index (χ1) is 12.7. The van der Waals surface area contributed by atoms with Crippen LogP contribution in [-0.4, -0.2) is 41.3 Å². The van der Waals surface area contributed by atoms with Gasteiger partial charge in [0.2, 0.25) is 0 Å². The Bertz CT molecular complexity index is 903. The summed E-state index contributed by atoms with van der Waals surface area (Å²) in [6.45, 7) is 1.09. The van der Waals surface area contributed by atoms with E-state index in [9.17, 15) is 9.18 Å². The van der Waals surface area contributed by atoms with Crippen LogP contribution >= 0.6 is 0 Å². The van der Waals surface area contributed by atoms with Gasteiger partial charge in [0.1, 0.15) is 23.3 Å². The normalized spacial score (nSPS) is 16.3. The van der Waals surface area contributed by atoms with Crippen LogP contribution in [0, 0.1) is 5.82 Å². The topological polar surface area (TPSA) is 71.4 Å². The zero-order valence-corrected chi connectivity index (χ0v) is 14.2. The van der Waals surface area contributed by atoms with E-state index in [1.54, 1.807) is 36.5 Å². The highest BCUT2D eigenvalue weighted by molar-refractivity contribution is 6.00. The van der Waals surface area contributed by atoms with Crippen molar-refractivity contribution in [3.05, 3.63) is 65.5 Å². The van der Waals surface area contributed by atoms with E-state index in [2.05, 4.69) is 10.2 Å². The molecule has 0 fully saturated rings. The van der Waals surface area contributed by atoms with Gasteiger partial charge in [-0.3, -0.25) is 9.89 Å². The Morgan fingerprint density at radius 3 is 2.81 bits per heavy atom. The Hall–Kier alpha value is -2.93. The number of hydrogen-bond acceptors (Lipinski definition) is 4. The lowest BCUT2D eigenvalue weighted by Gasteiger charge is -2.24. The van der Waals surface area contributed by atoms with Gasteiger partial charge in [0.25, 0.3) is 5.91 Å². The fourth-order valence-electron chi connectivity index (χ4n) is 3.38. The molecule has 0 bridgehead atoms. The van der Waals surface area contributed by atoms with E-state index in [1.807, 2.05) is 6.07 Å². The van der Waals surface area contributed by atoms with Gasteiger partial charge in [0, 0.05) is 31.4 Å². The number of hydrogen-bond donors (Lipinski definition) is 1. The summed E-state index contributed by atoms with van der Waals surface area (Å²) in [6, 6.07) is 9.34. The molecule has 7 heteroatoms. The van der Waals surface area contributed by atoms with Gasteiger partial charge in [-0.15, -0.1) is 0 Å². The van der Waals surface area contributed by atoms with Crippen LogP contribution in [0.2, 0.25) is 0 Å². The van der Waals surface area contributed by atoms with Crippen LogP contribution < -0.4 is 0 Å². The van der Waals surface area contributed by atoms with E-state index in [4.69, 9.17) is 9.15 Å². The predicted molar refractivity (Wildman–Crippen MR) is 92.1 cm³/mol. The molecular weight excluding hydrogens is 337 g/mol. The van der Waals surface area contributed by atoms with E-state index in [-0.39, 0.29) is 17.8 Å². The number of rotatable bonds is 6. The number of ether oxygens (including phenoxy) is 1. The first kappa shape index (κ1) is 16.5. The zero-order chi connectivity index (χ0) is 18.1. The number of nitrogens with one attached hydrogen (secondary N) is 1. The number of aromatic nitrogens is 2. The van der Waals surface area contributed by atoms with Gasteiger partial charge >= 0.3 is 0 Å². The predicted octanol–water partition coefficient (Wildman–Crippen LogP) is 3.39. The number of furan rings is 1. The molecule has 1 aromatic carbocycles. The van der Waals surface area contributed by atoms with Crippen LogP contribution in [0.3, 0.4) is 0 Å². The number of benzene rings is 1. The average molecular weight is 355 g/mol. The van der Waals surface area contributed by atoms with Crippen molar-refractivity contribution in [1.29, 1.82) is 0 Å². The Labute approximate surface area is 149 Å². The molecule has 2 aromatic heterocycles. The second-order valence-corrected chi connectivity index (χ2v) is 6.13. The number of aromatic amines is 1. The molecule has 1 unspecified atom stereocenters. The number of carbonyl (C=O) groups is 1. The second-order valence-electron chi connectivity index (χ2n) is 6.13. The molecule has 134 valence electrons. The lowest BCUT2D eigenvalue weighted by Crippen LogP contribution is -2.31. The molecule has 6 nitrogen and oxygen atoms in total. The van der Waals surface area contributed by atoms with E-state index >= 15 is 0 Å². The summed E-state index contributed by atoms with van der Waals surface area (Å²) in [7, 11) is 1.63. The van der Waals surface area contributed by atoms with Gasteiger partial charge < -0.3 is 14.1 Å². The fourth-order valence-corrected chi connectivity index (χ4v) is 3.38. The summed E-state index contributed by atoms with van der Waals surface area (Å²) in [6.07, 6.45) is 2.30. The molecule has 1 amide bonds. The fraction of sp³-hybridized carbons (Fsp3) is 0.263. The monoisotopic (exact) mass is 355 g/mol. The summed E-state index contributed by atoms with van der Waals surface area (Å²) in [5.74, 6) is 0.221. The molecule has 1 aliphatic rings. The highest BCUT2D eigenvalue weighted by atomic mass is 19.1. The maximum absolute atomic E-state index is 13.3. The molecule has 1 N–H and O–H groups in total. The Morgan fingerprint density at radius 2 is 2.12 bits per heavy atom. The van der Waals surface area contributed by atoms with Crippen molar-refractivity contribution in [2.45, 2.75) is 12.5 Å².